The summed E-state index contributed by atoms with van der Waals surface area (Å²) in [5, 5.41) is 13.9. The lowest BCUT2D eigenvalue weighted by molar-refractivity contribution is -0.418. The Hall–Kier alpha value is -8.89. The Bertz CT molecular complexity index is 4410. The lowest BCUT2D eigenvalue weighted by Crippen LogP contribution is -2.73. The Kier molecular flexibility index (Phi) is 30.3. The van der Waals surface area contributed by atoms with Crippen LogP contribution in [-0.4, -0.2) is 144 Å². The third kappa shape index (κ3) is 23.2. The summed E-state index contributed by atoms with van der Waals surface area (Å²) in [5.41, 5.74) is 7.29. The molecule has 20 nitrogen and oxygen atoms in total. The molecule has 3 heterocycles. The zero-order valence-electron chi connectivity index (χ0n) is 62.9. The van der Waals surface area contributed by atoms with E-state index in [1.807, 2.05) is 273 Å². The van der Waals surface area contributed by atoms with Crippen molar-refractivity contribution in [1.82, 2.24) is 0 Å². The number of rotatable bonds is 41. The highest BCUT2D eigenvalue weighted by Gasteiger charge is 2.64. The molecule has 3 aliphatic rings. The Morgan fingerprint density at radius 3 is 1.08 bits per heavy atom. The van der Waals surface area contributed by atoms with Gasteiger partial charge in [-0.2, -0.15) is 8.42 Å². The molecule has 10 aromatic rings. The van der Waals surface area contributed by atoms with E-state index in [1.165, 1.54) is 0 Å². The minimum atomic E-state index is -4.78. The summed E-state index contributed by atoms with van der Waals surface area (Å²) in [4.78, 5) is 0. The van der Waals surface area contributed by atoms with E-state index in [2.05, 4.69) is 0 Å². The summed E-state index contributed by atoms with van der Waals surface area (Å²) >= 11 is 0. The van der Waals surface area contributed by atoms with Gasteiger partial charge in [-0.1, -0.05) is 273 Å². The van der Waals surface area contributed by atoms with Gasteiger partial charge in [0, 0.05) is 0 Å². The summed E-state index contributed by atoms with van der Waals surface area (Å²) in [6.45, 7) is 0.919. The van der Waals surface area contributed by atoms with E-state index in [1.54, 1.807) is 38.3 Å². The molecule has 0 bridgehead atoms. The molecule has 15 atom stereocenters. The third-order valence-electron chi connectivity index (χ3n) is 19.5. The topological polar surface area (TPSA) is 211 Å². The number of methoxy groups -OCH3 is 1. The first-order valence-electron chi connectivity index (χ1n) is 38.0. The van der Waals surface area contributed by atoms with Gasteiger partial charge in [0.05, 0.1) is 93.0 Å². The molecule has 3 aliphatic heterocycles. The maximum Gasteiger partial charge on any atom is 0.272 e. The van der Waals surface area contributed by atoms with Gasteiger partial charge in [-0.25, -0.2) is 0 Å². The van der Waals surface area contributed by atoms with Gasteiger partial charge in [0.2, 0.25) is 12.1 Å². The average Bonchev–Trinajstić information content (AvgIpc) is 0.733. The highest BCUT2D eigenvalue weighted by molar-refractivity contribution is 7.86. The van der Waals surface area contributed by atoms with E-state index >= 15 is 8.42 Å². The van der Waals surface area contributed by atoms with Gasteiger partial charge in [0.25, 0.3) is 10.1 Å². The minimum Gasteiger partial charge on any atom is -0.497 e. The maximum atomic E-state index is 15.5. The zero-order valence-corrected chi connectivity index (χ0v) is 63.7. The van der Waals surface area contributed by atoms with Gasteiger partial charge >= 0.3 is 0 Å². The smallest absolute Gasteiger partial charge is 0.272 e. The largest absolute Gasteiger partial charge is 0.497 e. The summed E-state index contributed by atoms with van der Waals surface area (Å²) in [7, 11) is -3.19. The van der Waals surface area contributed by atoms with Crippen molar-refractivity contribution >= 4 is 10.1 Å². The molecule has 0 saturated carbocycles. The molecule has 3 fully saturated rings. The van der Waals surface area contributed by atoms with E-state index in [-0.39, 0.29) is 85.9 Å². The molecular weight excluding hydrogens is 1450 g/mol. The molecule has 21 heteroatoms. The van der Waals surface area contributed by atoms with Crippen LogP contribution in [0.25, 0.3) is 0 Å². The summed E-state index contributed by atoms with van der Waals surface area (Å²) < 4.78 is 151. The number of ether oxygens (including phenoxy) is 16. The molecule has 10 aromatic carbocycles. The molecule has 112 heavy (non-hydrogen) atoms. The van der Waals surface area contributed by atoms with Crippen LogP contribution in [-0.2, 0) is 140 Å². The Morgan fingerprint density at radius 2 is 0.679 bits per heavy atom. The first-order valence-corrected chi connectivity index (χ1v) is 39.6. The van der Waals surface area contributed by atoms with Crippen LogP contribution in [0.1, 0.15) is 57.0 Å². The SMILES string of the molecule is CCOS(=O)(=O)C[C@]1(O[C@H]2[C@@H](O)[C@@H](COCc3ccccc3)O[C@@H](O[C@H]3[C@H](OCc4ccccc4)[C@@H](OCc4ccccc4)[C@H](Oc4ccc(OC)cc4)O[C@@H]3COCc3ccccc3)[C@@H]2OCc2ccccc2)O[C@H](COCc2ccccc2)[C@@H](OCc2ccccc2)[C@H](OCc2ccccc2)[C@H]1OCc1ccccc1. The van der Waals surface area contributed by atoms with Crippen LogP contribution in [0.2, 0.25) is 0 Å². The van der Waals surface area contributed by atoms with Crippen LogP contribution >= 0.6 is 0 Å². The Morgan fingerprint density at radius 1 is 0.348 bits per heavy atom. The van der Waals surface area contributed by atoms with Crippen molar-refractivity contribution in [3.8, 4) is 11.5 Å². The number of benzene rings is 10. The van der Waals surface area contributed by atoms with Gasteiger partial charge in [0.1, 0.15) is 90.5 Å². The second-order valence-corrected chi connectivity index (χ2v) is 29.3. The summed E-state index contributed by atoms with van der Waals surface area (Å²) in [6, 6.07) is 93.6. The molecule has 0 aromatic heterocycles. The Labute approximate surface area is 656 Å². The average molecular weight is 1540 g/mol. The number of hydrogen-bond donors (Lipinski definition) is 1. The van der Waals surface area contributed by atoms with E-state index in [9.17, 15) is 5.11 Å². The minimum absolute atomic E-state index is 0.0253. The van der Waals surface area contributed by atoms with Crippen LogP contribution in [0.4, 0.5) is 0 Å². The monoisotopic (exact) mass is 1540 g/mol. The predicted octanol–water partition coefficient (Wildman–Crippen LogP) is 14.3. The van der Waals surface area contributed by atoms with Crippen molar-refractivity contribution in [1.29, 1.82) is 0 Å². The standard InChI is InChI=1S/C91H98O20S/c1-3-105-112(93,94)65-91(88(104-61-74-47-29-12-30-48-74)85(101-58-71-41-23-9-24-42-71)81(99-56-69-37-19-7-20-38-69)79(110-91)64-98-55-68-35-17-6-18-36-68)111-83-80(92)77(62-96-53-66-31-13-4-14-32-66)107-90(86(83)102-59-72-43-25-10-26-44-72)109-82-78(63-97-54-67-33-15-5-16-34-67)108-89(106-76-51-49-75(95-2)50-52-76)87(103-60-73-45-27-11-28-46-73)84(82)100-57-70-39-21-8-22-40-70/h4-52,77-90,92H,3,53-65H2,1-2H3/t77-,78-,79-,80+,81-,82-,83+,84+,85+,86-,87-,88-,89-,90+,91-/m1/s1. The highest BCUT2D eigenvalue weighted by Crippen LogP contribution is 2.44. The molecule has 1 N–H and O–H groups in total. The lowest BCUT2D eigenvalue weighted by Gasteiger charge is -2.55. The number of aliphatic hydroxyl groups excluding tert-OH is 1. The summed E-state index contributed by atoms with van der Waals surface area (Å²) in [5.74, 6) is -2.60. The summed E-state index contributed by atoms with van der Waals surface area (Å²) in [6.07, 6.45) is -19.0. The van der Waals surface area contributed by atoms with Gasteiger partial charge in [-0.05, 0) is 81.3 Å². The molecule has 0 spiro atoms. The lowest BCUT2D eigenvalue weighted by atomic mass is 9.90. The number of hydrogen-bond acceptors (Lipinski definition) is 20. The second-order valence-electron chi connectivity index (χ2n) is 27.7. The maximum absolute atomic E-state index is 15.5. The van der Waals surface area contributed by atoms with Crippen molar-refractivity contribution in [2.24, 2.45) is 0 Å². The van der Waals surface area contributed by atoms with Gasteiger partial charge < -0.3 is 80.9 Å². The number of aliphatic hydroxyl groups is 1. The second kappa shape index (κ2) is 41.8. The fourth-order valence-corrected chi connectivity index (χ4v) is 15.2. The molecule has 0 amide bonds. The van der Waals surface area contributed by atoms with Crippen molar-refractivity contribution in [3.05, 3.63) is 347 Å². The first-order chi connectivity index (χ1) is 55.0. The quantitative estimate of drug-likeness (QED) is 0.0353. The van der Waals surface area contributed by atoms with Crippen molar-refractivity contribution in [2.45, 2.75) is 158 Å². The molecule has 3 saturated heterocycles. The van der Waals surface area contributed by atoms with Crippen LogP contribution in [0.15, 0.2) is 297 Å². The van der Waals surface area contributed by atoms with Crippen LogP contribution in [0.5, 0.6) is 11.5 Å². The molecule has 0 radical (unpaired) electrons. The van der Waals surface area contributed by atoms with Crippen LogP contribution in [0, 0.1) is 0 Å². The molecule has 0 aliphatic carbocycles. The van der Waals surface area contributed by atoms with Gasteiger partial charge in [-0.3, -0.25) is 4.18 Å². The molecule has 588 valence electrons. The zero-order chi connectivity index (χ0) is 77.0. The fraction of sp³-hybridized carbons (Fsp3) is 0.341. The van der Waals surface area contributed by atoms with Crippen LogP contribution < -0.4 is 9.47 Å². The van der Waals surface area contributed by atoms with E-state index in [0.29, 0.717) is 22.6 Å². The fourth-order valence-electron chi connectivity index (χ4n) is 13.9. The predicted molar refractivity (Wildman–Crippen MR) is 418 cm³/mol. The van der Waals surface area contributed by atoms with Crippen molar-refractivity contribution in [2.75, 3.05) is 39.3 Å². The molecule has 13 rings (SSSR count). The normalized spacial score (nSPS) is 24.6. The first kappa shape index (κ1) is 81.1. The molecular formula is C91H98O20S. The van der Waals surface area contributed by atoms with E-state index in [0.717, 1.165) is 38.9 Å². The van der Waals surface area contributed by atoms with Gasteiger partial charge in [0.15, 0.2) is 6.29 Å². The van der Waals surface area contributed by atoms with Gasteiger partial charge in [-0.15, -0.1) is 0 Å². The van der Waals surface area contributed by atoms with Crippen molar-refractivity contribution < 1.29 is 93.5 Å². The van der Waals surface area contributed by atoms with Crippen molar-refractivity contribution in [3.63, 3.8) is 0 Å². The molecule has 0 unspecified atom stereocenters. The highest BCUT2D eigenvalue weighted by atomic mass is 32.2. The Balaban J connectivity index is 0.984. The van der Waals surface area contributed by atoms with E-state index in [4.69, 9.17) is 80.0 Å². The van der Waals surface area contributed by atoms with Crippen LogP contribution in [0.3, 0.4) is 0 Å². The van der Waals surface area contributed by atoms with E-state index < -0.39 is 107 Å². The third-order valence-corrected chi connectivity index (χ3v) is 20.8.